The van der Waals surface area contributed by atoms with Gasteiger partial charge in [0.25, 0.3) is 0 Å². The number of rotatable bonds is 2. The van der Waals surface area contributed by atoms with Gasteiger partial charge in [0.15, 0.2) is 5.58 Å². The molecule has 4 nitrogen and oxygen atoms in total. The second-order valence-electron chi connectivity index (χ2n) is 5.26. The van der Waals surface area contributed by atoms with Crippen LogP contribution < -0.4 is 5.73 Å². The number of fused-ring (bicyclic) bond motifs is 1. The van der Waals surface area contributed by atoms with Gasteiger partial charge in [-0.15, -0.1) is 0 Å². The molecule has 102 valence electrons. The first-order chi connectivity index (χ1) is 9.15. The summed E-state index contributed by atoms with van der Waals surface area (Å²) in [6.45, 7) is 3.95. The second kappa shape index (κ2) is 4.90. The highest BCUT2D eigenvalue weighted by molar-refractivity contribution is 5.79. The number of piperidine rings is 1. The van der Waals surface area contributed by atoms with Crippen molar-refractivity contribution >= 4 is 11.0 Å². The highest BCUT2D eigenvalue weighted by Crippen LogP contribution is 2.32. The Hall–Kier alpha value is -1.46. The van der Waals surface area contributed by atoms with Crippen LogP contribution in [0.3, 0.4) is 0 Å². The van der Waals surface area contributed by atoms with Crippen LogP contribution in [0.15, 0.2) is 22.7 Å². The fraction of sp³-hybridized carbons (Fsp3) is 0.500. The molecule has 1 atom stereocenters. The van der Waals surface area contributed by atoms with Crippen molar-refractivity contribution < 1.29 is 8.91 Å². The third kappa shape index (κ3) is 2.35. The number of hydrogen-bond acceptors (Lipinski definition) is 4. The lowest BCUT2D eigenvalue weighted by atomic mass is 9.91. The lowest BCUT2D eigenvalue weighted by Gasteiger charge is -2.33. The molecule has 0 saturated carbocycles. The molecule has 1 aromatic carbocycles. The molecular formula is C14H18FN3O. The molecule has 2 aromatic rings. The van der Waals surface area contributed by atoms with E-state index in [2.05, 4.69) is 10.1 Å². The van der Waals surface area contributed by atoms with E-state index in [1.165, 1.54) is 12.1 Å². The molecule has 2 N–H and O–H groups in total. The van der Waals surface area contributed by atoms with E-state index >= 15 is 0 Å². The Morgan fingerprint density at radius 2 is 2.16 bits per heavy atom. The molecule has 1 saturated heterocycles. The van der Waals surface area contributed by atoms with Crippen molar-refractivity contribution in [1.82, 2.24) is 10.1 Å². The minimum atomic E-state index is -0.290. The molecule has 1 unspecified atom stereocenters. The molecule has 0 bridgehead atoms. The molecule has 0 amide bonds. The molecular weight excluding hydrogens is 245 g/mol. The van der Waals surface area contributed by atoms with Gasteiger partial charge in [-0.05, 0) is 31.9 Å². The van der Waals surface area contributed by atoms with Gasteiger partial charge in [-0.1, -0.05) is 5.16 Å². The summed E-state index contributed by atoms with van der Waals surface area (Å²) in [4.78, 5) is 2.26. The normalized spacial score (nSPS) is 19.9. The van der Waals surface area contributed by atoms with Crippen molar-refractivity contribution in [3.63, 3.8) is 0 Å². The predicted molar refractivity (Wildman–Crippen MR) is 71.2 cm³/mol. The van der Waals surface area contributed by atoms with E-state index in [9.17, 15) is 4.39 Å². The summed E-state index contributed by atoms with van der Waals surface area (Å²) in [5.74, 6) is 0.0867. The van der Waals surface area contributed by atoms with E-state index in [0.29, 0.717) is 11.5 Å². The van der Waals surface area contributed by atoms with Gasteiger partial charge in [0, 0.05) is 30.5 Å². The lowest BCUT2D eigenvalue weighted by Crippen LogP contribution is -2.44. The standard InChI is InChI=1S/C14H18FN3O/c1-9(16)18-6-4-10(5-7-18)14-12-3-2-11(15)8-13(12)19-17-14/h2-3,8-10H,4-7,16H2,1H3. The third-order valence-corrected chi connectivity index (χ3v) is 3.95. The highest BCUT2D eigenvalue weighted by Gasteiger charge is 2.26. The van der Waals surface area contributed by atoms with Gasteiger partial charge in [-0.25, -0.2) is 4.39 Å². The number of halogens is 1. The monoisotopic (exact) mass is 263 g/mol. The Kier molecular flexibility index (Phi) is 3.24. The van der Waals surface area contributed by atoms with E-state index in [0.717, 1.165) is 37.0 Å². The Morgan fingerprint density at radius 1 is 1.42 bits per heavy atom. The van der Waals surface area contributed by atoms with Crippen molar-refractivity contribution in [3.8, 4) is 0 Å². The zero-order chi connectivity index (χ0) is 13.4. The minimum Gasteiger partial charge on any atom is -0.356 e. The van der Waals surface area contributed by atoms with Gasteiger partial charge in [0.2, 0.25) is 0 Å². The number of likely N-dealkylation sites (tertiary alicyclic amines) is 1. The summed E-state index contributed by atoms with van der Waals surface area (Å²) in [6, 6.07) is 4.61. The summed E-state index contributed by atoms with van der Waals surface area (Å²) in [5.41, 5.74) is 7.38. The van der Waals surface area contributed by atoms with Gasteiger partial charge in [-0.3, -0.25) is 4.90 Å². The largest absolute Gasteiger partial charge is 0.356 e. The van der Waals surface area contributed by atoms with E-state index in [-0.39, 0.29) is 12.0 Å². The van der Waals surface area contributed by atoms with Crippen LogP contribution in [0, 0.1) is 5.82 Å². The smallest absolute Gasteiger partial charge is 0.170 e. The van der Waals surface area contributed by atoms with E-state index in [1.54, 1.807) is 6.07 Å². The Balaban J connectivity index is 1.82. The summed E-state index contributed by atoms with van der Waals surface area (Å²) >= 11 is 0. The first-order valence-corrected chi connectivity index (χ1v) is 6.69. The third-order valence-electron chi connectivity index (χ3n) is 3.95. The molecule has 1 aliphatic heterocycles. The van der Waals surface area contributed by atoms with Crippen LogP contribution in [-0.4, -0.2) is 29.3 Å². The number of nitrogens with zero attached hydrogens (tertiary/aromatic N) is 2. The average molecular weight is 263 g/mol. The van der Waals surface area contributed by atoms with Crippen LogP contribution in [0.4, 0.5) is 4.39 Å². The molecule has 5 heteroatoms. The Labute approximate surface area is 111 Å². The molecule has 0 spiro atoms. The molecule has 0 radical (unpaired) electrons. The maximum absolute atomic E-state index is 13.1. The van der Waals surface area contributed by atoms with Crippen molar-refractivity contribution in [2.75, 3.05) is 13.1 Å². The average Bonchev–Trinajstić information content (AvgIpc) is 2.81. The molecule has 1 aliphatic rings. The second-order valence-corrected chi connectivity index (χ2v) is 5.26. The van der Waals surface area contributed by atoms with Crippen molar-refractivity contribution in [3.05, 3.63) is 29.7 Å². The fourth-order valence-corrected chi connectivity index (χ4v) is 2.81. The Morgan fingerprint density at radius 3 is 2.84 bits per heavy atom. The quantitative estimate of drug-likeness (QED) is 0.904. The molecule has 2 heterocycles. The Bertz CT molecular complexity index is 573. The lowest BCUT2D eigenvalue weighted by molar-refractivity contribution is 0.163. The van der Waals surface area contributed by atoms with Crippen molar-refractivity contribution in [1.29, 1.82) is 0 Å². The molecule has 0 aliphatic carbocycles. The van der Waals surface area contributed by atoms with E-state index in [4.69, 9.17) is 10.3 Å². The number of hydrogen-bond donors (Lipinski definition) is 1. The SMILES string of the molecule is CC(N)N1CCC(c2noc3cc(F)ccc23)CC1. The predicted octanol–water partition coefficient (Wildman–Crippen LogP) is 2.45. The van der Waals surface area contributed by atoms with Crippen LogP contribution >= 0.6 is 0 Å². The van der Waals surface area contributed by atoms with Crippen molar-refractivity contribution in [2.45, 2.75) is 31.8 Å². The van der Waals surface area contributed by atoms with Crippen LogP contribution in [0.25, 0.3) is 11.0 Å². The van der Waals surface area contributed by atoms with E-state index in [1.807, 2.05) is 6.92 Å². The van der Waals surface area contributed by atoms with Gasteiger partial charge >= 0.3 is 0 Å². The maximum atomic E-state index is 13.1. The van der Waals surface area contributed by atoms with Gasteiger partial charge in [0.1, 0.15) is 5.82 Å². The zero-order valence-electron chi connectivity index (χ0n) is 11.0. The molecule has 19 heavy (non-hydrogen) atoms. The molecule has 3 rings (SSSR count). The maximum Gasteiger partial charge on any atom is 0.170 e. The molecule has 1 fully saturated rings. The highest BCUT2D eigenvalue weighted by atomic mass is 19.1. The van der Waals surface area contributed by atoms with Crippen LogP contribution in [0.5, 0.6) is 0 Å². The number of nitrogens with two attached hydrogens (primary N) is 1. The summed E-state index contributed by atoms with van der Waals surface area (Å²) < 4.78 is 18.3. The van der Waals surface area contributed by atoms with Crippen LogP contribution in [0.1, 0.15) is 31.4 Å². The summed E-state index contributed by atoms with van der Waals surface area (Å²) in [5, 5.41) is 5.07. The topological polar surface area (TPSA) is 55.3 Å². The van der Waals surface area contributed by atoms with Gasteiger partial charge in [0.05, 0.1) is 11.9 Å². The molecule has 1 aromatic heterocycles. The van der Waals surface area contributed by atoms with Gasteiger partial charge in [-0.2, -0.15) is 0 Å². The first-order valence-electron chi connectivity index (χ1n) is 6.69. The van der Waals surface area contributed by atoms with E-state index < -0.39 is 0 Å². The first kappa shape index (κ1) is 12.6. The number of benzene rings is 1. The zero-order valence-corrected chi connectivity index (χ0v) is 11.0. The fourth-order valence-electron chi connectivity index (χ4n) is 2.81. The summed E-state index contributed by atoms with van der Waals surface area (Å²) in [6.07, 6.45) is 2.13. The van der Waals surface area contributed by atoms with Gasteiger partial charge < -0.3 is 10.3 Å². The van der Waals surface area contributed by atoms with Crippen LogP contribution in [-0.2, 0) is 0 Å². The minimum absolute atomic E-state index is 0.101. The van der Waals surface area contributed by atoms with Crippen LogP contribution in [0.2, 0.25) is 0 Å². The number of aromatic nitrogens is 1. The summed E-state index contributed by atoms with van der Waals surface area (Å²) in [7, 11) is 0. The van der Waals surface area contributed by atoms with Crippen molar-refractivity contribution in [2.24, 2.45) is 5.73 Å².